The van der Waals surface area contributed by atoms with Gasteiger partial charge in [-0.25, -0.2) is 4.98 Å². The monoisotopic (exact) mass is 236 g/mol. The third-order valence-corrected chi connectivity index (χ3v) is 2.98. The van der Waals surface area contributed by atoms with Crippen molar-refractivity contribution in [3.8, 4) is 0 Å². The van der Waals surface area contributed by atoms with E-state index in [0.29, 0.717) is 25.2 Å². The Hall–Kier alpha value is -1.66. The van der Waals surface area contributed by atoms with Crippen LogP contribution in [0.5, 0.6) is 0 Å². The standard InChI is InChI=1S/C11H16N4O2/c12-7-6-15(5-3-9(7)16)8-2-1-4-14-10(8)11(13)17/h1-2,4,7,9,16H,3,5-6,12H2,(H2,13,17). The van der Waals surface area contributed by atoms with Crippen molar-refractivity contribution in [2.24, 2.45) is 11.5 Å². The summed E-state index contributed by atoms with van der Waals surface area (Å²) in [5.41, 5.74) is 12.0. The SMILES string of the molecule is NC(=O)c1ncccc1N1CCC(O)C(N)C1. The van der Waals surface area contributed by atoms with Gasteiger partial charge in [0.05, 0.1) is 11.8 Å². The van der Waals surface area contributed by atoms with Gasteiger partial charge in [-0.3, -0.25) is 4.79 Å². The van der Waals surface area contributed by atoms with Crippen LogP contribution in [0.3, 0.4) is 0 Å². The third-order valence-electron chi connectivity index (χ3n) is 2.98. The third kappa shape index (κ3) is 2.37. The lowest BCUT2D eigenvalue weighted by molar-refractivity contribution is 0.0995. The summed E-state index contributed by atoms with van der Waals surface area (Å²) in [4.78, 5) is 17.2. The Morgan fingerprint density at radius 2 is 2.35 bits per heavy atom. The lowest BCUT2D eigenvalue weighted by Crippen LogP contribution is -2.51. The molecule has 1 amide bonds. The van der Waals surface area contributed by atoms with E-state index in [1.165, 1.54) is 6.20 Å². The Kier molecular flexibility index (Phi) is 3.26. The van der Waals surface area contributed by atoms with Crippen LogP contribution < -0.4 is 16.4 Å². The second-order valence-corrected chi connectivity index (χ2v) is 4.20. The van der Waals surface area contributed by atoms with Crippen molar-refractivity contribution in [2.75, 3.05) is 18.0 Å². The van der Waals surface area contributed by atoms with Crippen molar-refractivity contribution in [1.29, 1.82) is 0 Å². The smallest absolute Gasteiger partial charge is 0.269 e. The topological polar surface area (TPSA) is 105 Å². The summed E-state index contributed by atoms with van der Waals surface area (Å²) in [6, 6.07) is 3.22. The van der Waals surface area contributed by atoms with Gasteiger partial charge in [0.25, 0.3) is 5.91 Å². The quantitative estimate of drug-likeness (QED) is 0.615. The van der Waals surface area contributed by atoms with E-state index in [2.05, 4.69) is 4.98 Å². The minimum Gasteiger partial charge on any atom is -0.391 e. The number of nitrogens with two attached hydrogens (primary N) is 2. The van der Waals surface area contributed by atoms with Crippen LogP contribution in [0, 0.1) is 0 Å². The van der Waals surface area contributed by atoms with E-state index in [1.807, 2.05) is 4.90 Å². The molecule has 0 aliphatic carbocycles. The summed E-state index contributed by atoms with van der Waals surface area (Å²) >= 11 is 0. The normalized spacial score (nSPS) is 24.7. The minimum atomic E-state index is -0.555. The molecule has 1 aliphatic rings. The number of amides is 1. The highest BCUT2D eigenvalue weighted by atomic mass is 16.3. The van der Waals surface area contributed by atoms with Gasteiger partial charge in [-0.2, -0.15) is 0 Å². The first-order valence-electron chi connectivity index (χ1n) is 5.53. The molecule has 2 rings (SSSR count). The van der Waals surface area contributed by atoms with E-state index in [-0.39, 0.29) is 11.7 Å². The highest BCUT2D eigenvalue weighted by Crippen LogP contribution is 2.22. The fourth-order valence-corrected chi connectivity index (χ4v) is 2.03. The predicted molar refractivity (Wildman–Crippen MR) is 63.6 cm³/mol. The van der Waals surface area contributed by atoms with E-state index in [0.717, 1.165) is 0 Å². The van der Waals surface area contributed by atoms with Crippen molar-refractivity contribution in [2.45, 2.75) is 18.6 Å². The van der Waals surface area contributed by atoms with Crippen molar-refractivity contribution < 1.29 is 9.90 Å². The average Bonchev–Trinajstić information content (AvgIpc) is 2.32. The number of rotatable bonds is 2. The second-order valence-electron chi connectivity index (χ2n) is 4.20. The number of carbonyl (C=O) groups is 1. The number of hydrogen-bond donors (Lipinski definition) is 3. The zero-order chi connectivity index (χ0) is 12.4. The summed E-state index contributed by atoms with van der Waals surface area (Å²) in [6.45, 7) is 1.13. The van der Waals surface area contributed by atoms with Crippen LogP contribution in [0.1, 0.15) is 16.9 Å². The van der Waals surface area contributed by atoms with Gasteiger partial charge >= 0.3 is 0 Å². The number of hydrogen-bond acceptors (Lipinski definition) is 5. The van der Waals surface area contributed by atoms with Gasteiger partial charge in [-0.15, -0.1) is 0 Å². The number of piperidine rings is 1. The number of anilines is 1. The van der Waals surface area contributed by atoms with Crippen LogP contribution in [0.4, 0.5) is 5.69 Å². The van der Waals surface area contributed by atoms with Crippen LogP contribution >= 0.6 is 0 Å². The first-order valence-corrected chi connectivity index (χ1v) is 5.53. The number of aliphatic hydroxyl groups is 1. The Bertz CT molecular complexity index is 424. The van der Waals surface area contributed by atoms with Crippen molar-refractivity contribution >= 4 is 11.6 Å². The lowest BCUT2D eigenvalue weighted by Gasteiger charge is -2.36. The molecule has 0 radical (unpaired) electrons. The molecule has 2 heterocycles. The van der Waals surface area contributed by atoms with E-state index in [4.69, 9.17) is 11.5 Å². The first kappa shape index (κ1) is 11.8. The van der Waals surface area contributed by atoms with Gasteiger partial charge in [0.1, 0.15) is 0 Å². The van der Waals surface area contributed by atoms with Gasteiger partial charge in [0.15, 0.2) is 5.69 Å². The van der Waals surface area contributed by atoms with Gasteiger partial charge in [0.2, 0.25) is 0 Å². The molecule has 0 aromatic carbocycles. The lowest BCUT2D eigenvalue weighted by atomic mass is 10.0. The molecule has 1 aromatic rings. The molecule has 92 valence electrons. The fourth-order valence-electron chi connectivity index (χ4n) is 2.03. The van der Waals surface area contributed by atoms with E-state index < -0.39 is 12.0 Å². The van der Waals surface area contributed by atoms with Crippen LogP contribution in [0.25, 0.3) is 0 Å². The van der Waals surface area contributed by atoms with Crippen LogP contribution in [-0.2, 0) is 0 Å². The van der Waals surface area contributed by atoms with Crippen molar-refractivity contribution in [3.05, 3.63) is 24.0 Å². The minimum absolute atomic E-state index is 0.246. The van der Waals surface area contributed by atoms with Crippen LogP contribution in [0.2, 0.25) is 0 Å². The Morgan fingerprint density at radius 1 is 1.59 bits per heavy atom. The number of carbonyl (C=O) groups excluding carboxylic acids is 1. The van der Waals surface area contributed by atoms with Gasteiger partial charge in [-0.05, 0) is 18.6 Å². The predicted octanol–water partition coefficient (Wildman–Crippen LogP) is -0.921. The van der Waals surface area contributed by atoms with E-state index >= 15 is 0 Å². The maximum atomic E-state index is 11.3. The summed E-state index contributed by atoms with van der Waals surface area (Å²) in [5, 5.41) is 9.56. The molecule has 0 saturated carbocycles. The average molecular weight is 236 g/mol. The zero-order valence-corrected chi connectivity index (χ0v) is 9.41. The molecule has 1 saturated heterocycles. The first-order chi connectivity index (χ1) is 8.09. The zero-order valence-electron chi connectivity index (χ0n) is 9.41. The molecule has 0 bridgehead atoms. The van der Waals surface area contributed by atoms with Gasteiger partial charge in [-0.1, -0.05) is 0 Å². The summed E-state index contributed by atoms with van der Waals surface area (Å²) in [6.07, 6.45) is 1.62. The molecule has 5 N–H and O–H groups in total. The maximum absolute atomic E-state index is 11.3. The van der Waals surface area contributed by atoms with Crippen LogP contribution in [0.15, 0.2) is 18.3 Å². The molecule has 2 unspecified atom stereocenters. The molecule has 2 atom stereocenters. The summed E-state index contributed by atoms with van der Waals surface area (Å²) in [7, 11) is 0. The molecule has 1 aliphatic heterocycles. The number of aliphatic hydroxyl groups excluding tert-OH is 1. The van der Waals surface area contributed by atoms with Gasteiger partial charge < -0.3 is 21.5 Å². The highest BCUT2D eigenvalue weighted by Gasteiger charge is 2.26. The van der Waals surface area contributed by atoms with Gasteiger partial charge in [0, 0.05) is 25.3 Å². The highest BCUT2D eigenvalue weighted by molar-refractivity contribution is 5.96. The number of aromatic nitrogens is 1. The fraction of sp³-hybridized carbons (Fsp3) is 0.455. The molecule has 6 nitrogen and oxygen atoms in total. The molecular formula is C11H16N4O2. The van der Waals surface area contributed by atoms with Crippen molar-refractivity contribution in [1.82, 2.24) is 4.98 Å². The van der Waals surface area contributed by atoms with Crippen LogP contribution in [-0.4, -0.2) is 41.2 Å². The number of pyridine rings is 1. The van der Waals surface area contributed by atoms with Crippen molar-refractivity contribution in [3.63, 3.8) is 0 Å². The van der Waals surface area contributed by atoms with E-state index in [1.54, 1.807) is 12.1 Å². The largest absolute Gasteiger partial charge is 0.391 e. The Morgan fingerprint density at radius 3 is 3.00 bits per heavy atom. The summed E-state index contributed by atoms with van der Waals surface area (Å²) in [5.74, 6) is -0.555. The number of primary amides is 1. The molecule has 6 heteroatoms. The Labute approximate surface area is 99.2 Å². The Balaban J connectivity index is 2.25. The second kappa shape index (κ2) is 4.68. The summed E-state index contributed by atoms with van der Waals surface area (Å²) < 4.78 is 0. The molecule has 0 spiro atoms. The van der Waals surface area contributed by atoms with E-state index in [9.17, 15) is 9.90 Å². The number of nitrogens with zero attached hydrogens (tertiary/aromatic N) is 2. The molecule has 1 fully saturated rings. The molecule has 1 aromatic heterocycles. The molecular weight excluding hydrogens is 220 g/mol. The molecule has 17 heavy (non-hydrogen) atoms. The maximum Gasteiger partial charge on any atom is 0.269 e.